The van der Waals surface area contributed by atoms with Crippen LogP contribution >= 0.6 is 0 Å². The standard InChI is InChI=1S/C17H20N2O3/c1-12-11-18-7-4-14(12)16(15-3-2-10-22-15)19-8-5-13(6-9-19)17(20)21/h2-4,7,10-11,13,16H,5-6,8-9H2,1H3,(H,20,21). The summed E-state index contributed by atoms with van der Waals surface area (Å²) in [7, 11) is 0. The highest BCUT2D eigenvalue weighted by atomic mass is 16.4. The molecule has 0 aromatic carbocycles. The maximum Gasteiger partial charge on any atom is 0.306 e. The molecule has 1 fully saturated rings. The first-order valence-electron chi connectivity index (χ1n) is 7.57. The van der Waals surface area contributed by atoms with E-state index in [0.717, 1.165) is 24.4 Å². The summed E-state index contributed by atoms with van der Waals surface area (Å²) in [5, 5.41) is 9.16. The van der Waals surface area contributed by atoms with Crippen molar-refractivity contribution in [1.29, 1.82) is 0 Å². The van der Waals surface area contributed by atoms with E-state index in [1.807, 2.05) is 31.3 Å². The van der Waals surface area contributed by atoms with Gasteiger partial charge in [0.2, 0.25) is 0 Å². The number of rotatable bonds is 4. The molecule has 1 atom stereocenters. The van der Waals surface area contributed by atoms with Gasteiger partial charge >= 0.3 is 5.97 Å². The second-order valence-corrected chi connectivity index (χ2v) is 5.80. The Labute approximate surface area is 129 Å². The Kier molecular flexibility index (Phi) is 4.24. The Morgan fingerprint density at radius 1 is 1.41 bits per heavy atom. The van der Waals surface area contributed by atoms with Crippen molar-refractivity contribution in [1.82, 2.24) is 9.88 Å². The molecular formula is C17H20N2O3. The zero-order valence-corrected chi connectivity index (χ0v) is 12.6. The van der Waals surface area contributed by atoms with Crippen LogP contribution < -0.4 is 0 Å². The number of hydrogen-bond donors (Lipinski definition) is 1. The molecule has 5 heteroatoms. The molecule has 2 aromatic heterocycles. The van der Waals surface area contributed by atoms with Gasteiger partial charge in [-0.05, 0) is 62.2 Å². The molecule has 0 amide bonds. The van der Waals surface area contributed by atoms with Crippen LogP contribution in [0.15, 0.2) is 41.3 Å². The lowest BCUT2D eigenvalue weighted by atomic mass is 9.92. The summed E-state index contributed by atoms with van der Waals surface area (Å²) in [6, 6.07) is 5.91. The van der Waals surface area contributed by atoms with Crippen molar-refractivity contribution in [2.75, 3.05) is 13.1 Å². The minimum Gasteiger partial charge on any atom is -0.481 e. The highest BCUT2D eigenvalue weighted by Crippen LogP contribution is 2.33. The van der Waals surface area contributed by atoms with Gasteiger partial charge in [0.25, 0.3) is 0 Å². The lowest BCUT2D eigenvalue weighted by Gasteiger charge is -2.36. The van der Waals surface area contributed by atoms with Crippen LogP contribution in [0, 0.1) is 12.8 Å². The van der Waals surface area contributed by atoms with Crippen LogP contribution in [0.2, 0.25) is 0 Å². The molecular weight excluding hydrogens is 280 g/mol. The molecule has 1 aliphatic heterocycles. The number of likely N-dealkylation sites (tertiary alicyclic amines) is 1. The van der Waals surface area contributed by atoms with Gasteiger partial charge in [-0.1, -0.05) is 0 Å². The molecule has 1 unspecified atom stereocenters. The van der Waals surface area contributed by atoms with Gasteiger partial charge in [-0.3, -0.25) is 14.7 Å². The number of aromatic nitrogens is 1. The van der Waals surface area contributed by atoms with Gasteiger partial charge < -0.3 is 9.52 Å². The molecule has 2 aromatic rings. The third-order valence-corrected chi connectivity index (χ3v) is 4.41. The van der Waals surface area contributed by atoms with Gasteiger partial charge in [0.15, 0.2) is 0 Å². The fourth-order valence-electron chi connectivity index (χ4n) is 3.17. The zero-order chi connectivity index (χ0) is 15.5. The van der Waals surface area contributed by atoms with Crippen LogP contribution in [0.5, 0.6) is 0 Å². The van der Waals surface area contributed by atoms with Gasteiger partial charge in [-0.2, -0.15) is 0 Å². The molecule has 0 aliphatic carbocycles. The zero-order valence-electron chi connectivity index (χ0n) is 12.6. The number of carboxylic acid groups (broad SMARTS) is 1. The number of carboxylic acids is 1. The quantitative estimate of drug-likeness (QED) is 0.940. The van der Waals surface area contributed by atoms with Gasteiger partial charge in [0.05, 0.1) is 18.2 Å². The molecule has 3 heterocycles. The summed E-state index contributed by atoms with van der Waals surface area (Å²) in [6.45, 7) is 3.55. The largest absolute Gasteiger partial charge is 0.481 e. The van der Waals surface area contributed by atoms with E-state index in [1.54, 1.807) is 12.5 Å². The molecule has 116 valence electrons. The molecule has 1 N–H and O–H groups in total. The lowest BCUT2D eigenvalue weighted by Crippen LogP contribution is -2.39. The predicted molar refractivity (Wildman–Crippen MR) is 81.5 cm³/mol. The second-order valence-electron chi connectivity index (χ2n) is 5.80. The number of pyridine rings is 1. The highest BCUT2D eigenvalue weighted by Gasteiger charge is 2.31. The van der Waals surface area contributed by atoms with Crippen LogP contribution in [-0.4, -0.2) is 34.0 Å². The van der Waals surface area contributed by atoms with Gasteiger partial charge in [-0.25, -0.2) is 0 Å². The first-order chi connectivity index (χ1) is 10.7. The van der Waals surface area contributed by atoms with Gasteiger partial charge in [0, 0.05) is 12.4 Å². The van der Waals surface area contributed by atoms with Gasteiger partial charge in [-0.15, -0.1) is 0 Å². The molecule has 0 saturated carbocycles. The van der Waals surface area contributed by atoms with Gasteiger partial charge in [0.1, 0.15) is 5.76 Å². The average molecular weight is 300 g/mol. The molecule has 0 radical (unpaired) electrons. The Hall–Kier alpha value is -2.14. The van der Waals surface area contributed by atoms with Crippen molar-refractivity contribution in [2.24, 2.45) is 5.92 Å². The van der Waals surface area contributed by atoms with E-state index in [-0.39, 0.29) is 12.0 Å². The van der Waals surface area contributed by atoms with Crippen LogP contribution in [0.25, 0.3) is 0 Å². The van der Waals surface area contributed by atoms with E-state index >= 15 is 0 Å². The second kappa shape index (κ2) is 6.32. The Bertz CT molecular complexity index is 631. The molecule has 0 bridgehead atoms. The molecule has 22 heavy (non-hydrogen) atoms. The Balaban J connectivity index is 1.88. The molecule has 1 aliphatic rings. The SMILES string of the molecule is Cc1cnccc1C(c1ccco1)N1CCC(C(=O)O)CC1. The molecule has 1 saturated heterocycles. The summed E-state index contributed by atoms with van der Waals surface area (Å²) >= 11 is 0. The predicted octanol–water partition coefficient (Wildman–Crippen LogP) is 2.87. The third-order valence-electron chi connectivity index (χ3n) is 4.41. The van der Waals surface area contributed by atoms with E-state index < -0.39 is 5.97 Å². The van der Waals surface area contributed by atoms with Crippen molar-refractivity contribution in [2.45, 2.75) is 25.8 Å². The molecule has 5 nitrogen and oxygen atoms in total. The van der Waals surface area contributed by atoms with Crippen molar-refractivity contribution >= 4 is 5.97 Å². The van der Waals surface area contributed by atoms with Crippen molar-refractivity contribution in [3.05, 3.63) is 53.7 Å². The number of carbonyl (C=O) groups is 1. The number of furan rings is 1. The van der Waals surface area contributed by atoms with E-state index in [9.17, 15) is 4.79 Å². The van der Waals surface area contributed by atoms with Crippen LogP contribution in [0.1, 0.15) is 35.8 Å². The number of piperidine rings is 1. The first kappa shape index (κ1) is 14.8. The highest BCUT2D eigenvalue weighted by molar-refractivity contribution is 5.70. The number of nitrogens with zero attached hydrogens (tertiary/aromatic N) is 2. The summed E-state index contributed by atoms with van der Waals surface area (Å²) < 4.78 is 5.65. The first-order valence-corrected chi connectivity index (χ1v) is 7.57. The van der Waals surface area contributed by atoms with Crippen molar-refractivity contribution < 1.29 is 14.3 Å². The summed E-state index contributed by atoms with van der Waals surface area (Å²) in [5.74, 6) is -0.0237. The summed E-state index contributed by atoms with van der Waals surface area (Å²) in [4.78, 5) is 17.6. The van der Waals surface area contributed by atoms with Crippen LogP contribution in [0.4, 0.5) is 0 Å². The number of hydrogen-bond acceptors (Lipinski definition) is 4. The molecule has 3 rings (SSSR count). The minimum atomic E-state index is -0.686. The van der Waals surface area contributed by atoms with Crippen LogP contribution in [-0.2, 0) is 4.79 Å². The fraction of sp³-hybridized carbons (Fsp3) is 0.412. The van der Waals surface area contributed by atoms with E-state index in [2.05, 4.69) is 9.88 Å². The smallest absolute Gasteiger partial charge is 0.306 e. The van der Waals surface area contributed by atoms with Crippen molar-refractivity contribution in [3.8, 4) is 0 Å². The Morgan fingerprint density at radius 3 is 2.77 bits per heavy atom. The maximum absolute atomic E-state index is 11.1. The average Bonchev–Trinajstić information content (AvgIpc) is 3.04. The van der Waals surface area contributed by atoms with E-state index in [4.69, 9.17) is 9.52 Å². The summed E-state index contributed by atoms with van der Waals surface area (Å²) in [5.41, 5.74) is 2.28. The van der Waals surface area contributed by atoms with E-state index in [0.29, 0.717) is 12.8 Å². The summed E-state index contributed by atoms with van der Waals surface area (Å²) in [6.07, 6.45) is 6.69. The van der Waals surface area contributed by atoms with Crippen LogP contribution in [0.3, 0.4) is 0 Å². The monoisotopic (exact) mass is 300 g/mol. The topological polar surface area (TPSA) is 66.6 Å². The maximum atomic E-state index is 11.1. The lowest BCUT2D eigenvalue weighted by molar-refractivity contribution is -0.143. The fourth-order valence-corrected chi connectivity index (χ4v) is 3.17. The van der Waals surface area contributed by atoms with Crippen molar-refractivity contribution in [3.63, 3.8) is 0 Å². The number of aryl methyl sites for hydroxylation is 1. The third kappa shape index (κ3) is 2.90. The minimum absolute atomic E-state index is 0.0211. The number of aliphatic carboxylic acids is 1. The van der Waals surface area contributed by atoms with E-state index in [1.165, 1.54) is 5.56 Å². The Morgan fingerprint density at radius 2 is 2.18 bits per heavy atom. The molecule has 0 spiro atoms. The normalized spacial score (nSPS) is 18.2.